The standard InChI is InChI=1S/C16H13N5O/c1-11-18-8-13(9-19-11)16(22)20-21-10-12(6-7-17)14-4-2-3-5-15(14)21/h2-5,8-10H,6H2,1H3,(H,20,22). The van der Waals surface area contributed by atoms with Crippen molar-refractivity contribution in [3.63, 3.8) is 0 Å². The highest BCUT2D eigenvalue weighted by atomic mass is 16.2. The van der Waals surface area contributed by atoms with E-state index in [2.05, 4.69) is 21.5 Å². The van der Waals surface area contributed by atoms with Gasteiger partial charge in [0.25, 0.3) is 5.91 Å². The smallest absolute Gasteiger partial charge is 0.267 e. The summed E-state index contributed by atoms with van der Waals surface area (Å²) in [5, 5.41) is 9.86. The first-order valence-corrected chi connectivity index (χ1v) is 6.75. The zero-order valence-corrected chi connectivity index (χ0v) is 11.9. The van der Waals surface area contributed by atoms with Gasteiger partial charge in [0.2, 0.25) is 0 Å². The average molecular weight is 291 g/mol. The van der Waals surface area contributed by atoms with Crippen LogP contribution in [-0.4, -0.2) is 20.6 Å². The van der Waals surface area contributed by atoms with E-state index < -0.39 is 0 Å². The van der Waals surface area contributed by atoms with Gasteiger partial charge in [0.05, 0.1) is 23.6 Å². The molecule has 1 amide bonds. The lowest BCUT2D eigenvalue weighted by Gasteiger charge is -2.07. The van der Waals surface area contributed by atoms with E-state index in [1.807, 2.05) is 24.3 Å². The van der Waals surface area contributed by atoms with Gasteiger partial charge in [-0.1, -0.05) is 18.2 Å². The third-order valence-electron chi connectivity index (χ3n) is 3.33. The lowest BCUT2D eigenvalue weighted by molar-refractivity contribution is 0.101. The molecule has 3 aromatic rings. The van der Waals surface area contributed by atoms with Gasteiger partial charge in [-0.2, -0.15) is 5.26 Å². The molecular weight excluding hydrogens is 278 g/mol. The number of benzene rings is 1. The van der Waals surface area contributed by atoms with Crippen LogP contribution in [0.25, 0.3) is 10.9 Å². The van der Waals surface area contributed by atoms with Crippen molar-refractivity contribution in [2.24, 2.45) is 0 Å². The fourth-order valence-electron chi connectivity index (χ4n) is 2.25. The second-order valence-corrected chi connectivity index (χ2v) is 4.84. The minimum Gasteiger partial charge on any atom is -0.267 e. The predicted molar refractivity (Wildman–Crippen MR) is 81.7 cm³/mol. The van der Waals surface area contributed by atoms with E-state index in [1.165, 1.54) is 12.4 Å². The lowest BCUT2D eigenvalue weighted by Crippen LogP contribution is -2.22. The van der Waals surface area contributed by atoms with Crippen molar-refractivity contribution >= 4 is 16.8 Å². The average Bonchev–Trinajstić information content (AvgIpc) is 2.87. The highest BCUT2D eigenvalue weighted by Crippen LogP contribution is 2.20. The number of nitrogens with zero attached hydrogens (tertiary/aromatic N) is 4. The molecule has 6 nitrogen and oxygen atoms in total. The molecule has 6 heteroatoms. The SMILES string of the molecule is Cc1ncc(C(=O)Nn2cc(CC#N)c3ccccc32)cn1. The number of hydrogen-bond acceptors (Lipinski definition) is 4. The number of carbonyl (C=O) groups excluding carboxylic acids is 1. The highest BCUT2D eigenvalue weighted by molar-refractivity contribution is 6.00. The monoisotopic (exact) mass is 291 g/mol. The molecule has 1 aromatic carbocycles. The summed E-state index contributed by atoms with van der Waals surface area (Å²) in [4.78, 5) is 20.3. The summed E-state index contributed by atoms with van der Waals surface area (Å²) in [7, 11) is 0. The first-order valence-electron chi connectivity index (χ1n) is 6.75. The second kappa shape index (κ2) is 5.66. The predicted octanol–water partition coefficient (Wildman–Crippen LogP) is 2.19. The maximum atomic E-state index is 12.3. The molecule has 108 valence electrons. The van der Waals surface area contributed by atoms with Crippen LogP contribution in [0, 0.1) is 18.3 Å². The third kappa shape index (κ3) is 2.52. The molecule has 0 fully saturated rings. The van der Waals surface area contributed by atoms with Crippen LogP contribution in [-0.2, 0) is 6.42 Å². The lowest BCUT2D eigenvalue weighted by atomic mass is 10.1. The number of hydrogen-bond donors (Lipinski definition) is 1. The van der Waals surface area contributed by atoms with Crippen molar-refractivity contribution in [3.8, 4) is 6.07 Å². The Kier molecular flexibility index (Phi) is 3.54. The Morgan fingerprint density at radius 1 is 1.32 bits per heavy atom. The van der Waals surface area contributed by atoms with Gasteiger partial charge < -0.3 is 0 Å². The third-order valence-corrected chi connectivity index (χ3v) is 3.33. The minimum atomic E-state index is -0.302. The number of nitrogens with one attached hydrogen (secondary N) is 1. The molecule has 0 aliphatic carbocycles. The Labute approximate surface area is 127 Å². The number of fused-ring (bicyclic) bond motifs is 1. The van der Waals surface area contributed by atoms with Gasteiger partial charge in [0.15, 0.2) is 0 Å². The molecule has 0 bridgehead atoms. The molecule has 2 heterocycles. The molecule has 0 aliphatic heterocycles. The van der Waals surface area contributed by atoms with Crippen LogP contribution in [0.2, 0.25) is 0 Å². The molecule has 1 N–H and O–H groups in total. The second-order valence-electron chi connectivity index (χ2n) is 4.84. The van der Waals surface area contributed by atoms with Gasteiger partial charge in [-0.3, -0.25) is 14.9 Å². The molecule has 3 rings (SSSR count). The van der Waals surface area contributed by atoms with Crippen LogP contribution in [0.1, 0.15) is 21.7 Å². The molecule has 0 aliphatic rings. The Morgan fingerprint density at radius 3 is 2.77 bits per heavy atom. The Hall–Kier alpha value is -3.20. The number of rotatable bonds is 3. The summed E-state index contributed by atoms with van der Waals surface area (Å²) in [5.41, 5.74) is 4.88. The van der Waals surface area contributed by atoms with Gasteiger partial charge in [0.1, 0.15) is 5.82 Å². The van der Waals surface area contributed by atoms with Crippen molar-refractivity contribution in [2.75, 3.05) is 5.43 Å². The van der Waals surface area contributed by atoms with Crippen LogP contribution in [0.3, 0.4) is 0 Å². The summed E-state index contributed by atoms with van der Waals surface area (Å²) >= 11 is 0. The van der Waals surface area contributed by atoms with Crippen LogP contribution in [0.15, 0.2) is 42.9 Å². The largest absolute Gasteiger partial charge is 0.273 e. The van der Waals surface area contributed by atoms with Crippen molar-refractivity contribution in [1.82, 2.24) is 14.6 Å². The van der Waals surface area contributed by atoms with Crippen LogP contribution >= 0.6 is 0 Å². The first-order chi connectivity index (χ1) is 10.7. The zero-order chi connectivity index (χ0) is 15.5. The van der Waals surface area contributed by atoms with Crippen LogP contribution in [0.5, 0.6) is 0 Å². The number of aromatic nitrogens is 3. The molecule has 0 saturated heterocycles. The van der Waals surface area contributed by atoms with E-state index in [4.69, 9.17) is 5.26 Å². The number of para-hydroxylation sites is 1. The van der Waals surface area contributed by atoms with Crippen molar-refractivity contribution in [2.45, 2.75) is 13.3 Å². The quantitative estimate of drug-likeness (QED) is 0.801. The van der Waals surface area contributed by atoms with E-state index in [9.17, 15) is 4.79 Å². The summed E-state index contributed by atoms with van der Waals surface area (Å²) in [6, 6.07) is 9.75. The van der Waals surface area contributed by atoms with Crippen molar-refractivity contribution in [1.29, 1.82) is 5.26 Å². The molecule has 2 aromatic heterocycles. The van der Waals surface area contributed by atoms with Crippen molar-refractivity contribution in [3.05, 3.63) is 59.8 Å². The molecular formula is C16H13N5O. The van der Waals surface area contributed by atoms with Gasteiger partial charge in [-0.15, -0.1) is 0 Å². The number of aryl methyl sites for hydroxylation is 1. The minimum absolute atomic E-state index is 0.289. The summed E-state index contributed by atoms with van der Waals surface area (Å²) in [5.74, 6) is 0.309. The Balaban J connectivity index is 1.95. The number of carbonyl (C=O) groups is 1. The van der Waals surface area contributed by atoms with E-state index in [-0.39, 0.29) is 12.3 Å². The van der Waals surface area contributed by atoms with Gasteiger partial charge >= 0.3 is 0 Å². The van der Waals surface area contributed by atoms with E-state index in [0.29, 0.717) is 11.4 Å². The molecule has 0 unspecified atom stereocenters. The van der Waals surface area contributed by atoms with E-state index in [0.717, 1.165) is 16.5 Å². The molecule has 0 saturated carbocycles. The van der Waals surface area contributed by atoms with Gasteiger partial charge in [-0.25, -0.2) is 9.97 Å². The summed E-state index contributed by atoms with van der Waals surface area (Å²) in [6.07, 6.45) is 5.02. The number of nitriles is 1. The maximum Gasteiger partial charge on any atom is 0.273 e. The number of amides is 1. The van der Waals surface area contributed by atoms with Gasteiger partial charge in [0, 0.05) is 24.0 Å². The molecule has 0 radical (unpaired) electrons. The van der Waals surface area contributed by atoms with Gasteiger partial charge in [-0.05, 0) is 18.6 Å². The van der Waals surface area contributed by atoms with E-state index >= 15 is 0 Å². The van der Waals surface area contributed by atoms with Crippen molar-refractivity contribution < 1.29 is 4.79 Å². The fourth-order valence-corrected chi connectivity index (χ4v) is 2.25. The highest BCUT2D eigenvalue weighted by Gasteiger charge is 2.11. The Morgan fingerprint density at radius 2 is 2.05 bits per heavy atom. The maximum absolute atomic E-state index is 12.3. The molecule has 0 atom stereocenters. The van der Waals surface area contributed by atoms with E-state index in [1.54, 1.807) is 17.8 Å². The van der Waals surface area contributed by atoms with Crippen LogP contribution < -0.4 is 5.43 Å². The summed E-state index contributed by atoms with van der Waals surface area (Å²) < 4.78 is 1.63. The topological polar surface area (TPSA) is 83.6 Å². The Bertz CT molecular complexity index is 874. The zero-order valence-electron chi connectivity index (χ0n) is 11.9. The molecule has 0 spiro atoms. The van der Waals surface area contributed by atoms with Crippen LogP contribution in [0.4, 0.5) is 0 Å². The first kappa shape index (κ1) is 13.8. The fraction of sp³-hybridized carbons (Fsp3) is 0.125. The normalized spacial score (nSPS) is 10.4. The molecule has 22 heavy (non-hydrogen) atoms. The summed E-state index contributed by atoms with van der Waals surface area (Å²) in [6.45, 7) is 1.76.